The molecule has 1 N–H and O–H groups in total. The molecule has 0 fully saturated rings. The van der Waals surface area contributed by atoms with E-state index in [1.807, 2.05) is 24.3 Å². The summed E-state index contributed by atoms with van der Waals surface area (Å²) >= 11 is 0. The lowest BCUT2D eigenvalue weighted by Crippen LogP contribution is -2.14. The molecule has 0 saturated heterocycles. The summed E-state index contributed by atoms with van der Waals surface area (Å²) in [4.78, 5) is 23.9. The molecule has 0 saturated carbocycles. The van der Waals surface area contributed by atoms with Gasteiger partial charge in [0.1, 0.15) is 5.75 Å². The Hall–Kier alpha value is -3.61. The Morgan fingerprint density at radius 3 is 2.43 bits per heavy atom. The number of carbonyl (C=O) groups is 2. The lowest BCUT2D eigenvalue weighted by molar-refractivity contribution is -0.115. The molecule has 0 aliphatic rings. The van der Waals surface area contributed by atoms with Crippen LogP contribution >= 0.6 is 0 Å². The number of carbonyl (C=O) groups excluding carboxylic acids is 2. The molecular formula is C21H20N2O5. The van der Waals surface area contributed by atoms with Crippen molar-refractivity contribution in [2.75, 3.05) is 19.0 Å². The highest BCUT2D eigenvalue weighted by Crippen LogP contribution is 2.23. The Morgan fingerprint density at radius 1 is 1.07 bits per heavy atom. The number of nitrogens with one attached hydrogen (secondary N) is 1. The predicted molar refractivity (Wildman–Crippen MR) is 103 cm³/mol. The molecule has 7 heteroatoms. The van der Waals surface area contributed by atoms with E-state index in [1.165, 1.54) is 0 Å². The molecule has 2 aromatic carbocycles. The van der Waals surface area contributed by atoms with Crippen LogP contribution in [0.3, 0.4) is 0 Å². The minimum absolute atomic E-state index is 0.0687. The lowest BCUT2D eigenvalue weighted by atomic mass is 10.1. The van der Waals surface area contributed by atoms with Gasteiger partial charge in [0.05, 0.1) is 31.4 Å². The summed E-state index contributed by atoms with van der Waals surface area (Å²) in [6.07, 6.45) is 0.0687. The van der Waals surface area contributed by atoms with E-state index in [2.05, 4.69) is 10.5 Å². The Balaban J connectivity index is 1.59. The molecule has 0 spiro atoms. The van der Waals surface area contributed by atoms with Gasteiger partial charge in [0.15, 0.2) is 5.76 Å². The van der Waals surface area contributed by atoms with Crippen LogP contribution < -0.4 is 10.1 Å². The van der Waals surface area contributed by atoms with E-state index in [1.54, 1.807) is 44.4 Å². The third kappa shape index (κ3) is 4.76. The molecule has 0 atom stereocenters. The first-order valence-electron chi connectivity index (χ1n) is 8.76. The second-order valence-corrected chi connectivity index (χ2v) is 5.93. The first-order valence-corrected chi connectivity index (χ1v) is 8.76. The van der Waals surface area contributed by atoms with Crippen molar-refractivity contribution < 1.29 is 23.6 Å². The van der Waals surface area contributed by atoms with Gasteiger partial charge in [-0.15, -0.1) is 0 Å². The molecular weight excluding hydrogens is 360 g/mol. The first kappa shape index (κ1) is 19.2. The maximum absolute atomic E-state index is 12.2. The third-order valence-electron chi connectivity index (χ3n) is 3.95. The maximum atomic E-state index is 12.2. The Labute approximate surface area is 162 Å². The number of methoxy groups -OCH3 is 1. The molecule has 3 rings (SSSR count). The lowest BCUT2D eigenvalue weighted by Gasteiger charge is -2.05. The number of nitrogens with zero attached hydrogens (tertiary/aromatic N) is 1. The second kappa shape index (κ2) is 8.85. The number of rotatable bonds is 7. The van der Waals surface area contributed by atoms with Crippen molar-refractivity contribution in [3.05, 3.63) is 65.9 Å². The summed E-state index contributed by atoms with van der Waals surface area (Å²) in [5.41, 5.74) is 2.37. The summed E-state index contributed by atoms with van der Waals surface area (Å²) in [6, 6.07) is 15.6. The van der Waals surface area contributed by atoms with Gasteiger partial charge in [-0.05, 0) is 55.5 Å². The average molecular weight is 380 g/mol. The smallest absolute Gasteiger partial charge is 0.338 e. The molecule has 1 aromatic heterocycles. The number of esters is 1. The van der Waals surface area contributed by atoms with Crippen LogP contribution in [0, 0.1) is 0 Å². The van der Waals surface area contributed by atoms with Gasteiger partial charge in [0, 0.05) is 17.3 Å². The minimum Gasteiger partial charge on any atom is -0.497 e. The predicted octanol–water partition coefficient (Wildman–Crippen LogP) is 3.71. The van der Waals surface area contributed by atoms with Crippen LogP contribution in [-0.4, -0.2) is 30.7 Å². The molecule has 144 valence electrons. The van der Waals surface area contributed by atoms with Crippen LogP contribution in [0.5, 0.6) is 5.75 Å². The first-order chi connectivity index (χ1) is 13.6. The van der Waals surface area contributed by atoms with Crippen LogP contribution in [0.25, 0.3) is 11.3 Å². The van der Waals surface area contributed by atoms with E-state index in [0.29, 0.717) is 29.3 Å². The van der Waals surface area contributed by atoms with Crippen molar-refractivity contribution in [2.24, 2.45) is 0 Å². The van der Waals surface area contributed by atoms with Crippen molar-refractivity contribution in [1.29, 1.82) is 0 Å². The largest absolute Gasteiger partial charge is 0.497 e. The van der Waals surface area contributed by atoms with Crippen molar-refractivity contribution in [2.45, 2.75) is 13.3 Å². The maximum Gasteiger partial charge on any atom is 0.338 e. The fourth-order valence-corrected chi connectivity index (χ4v) is 2.56. The molecule has 0 unspecified atom stereocenters. The number of anilines is 1. The fourth-order valence-electron chi connectivity index (χ4n) is 2.56. The van der Waals surface area contributed by atoms with Gasteiger partial charge in [0.25, 0.3) is 0 Å². The zero-order chi connectivity index (χ0) is 19.9. The highest BCUT2D eigenvalue weighted by molar-refractivity contribution is 5.93. The normalized spacial score (nSPS) is 10.4. The fraction of sp³-hybridized carbons (Fsp3) is 0.190. The highest BCUT2D eigenvalue weighted by atomic mass is 16.5. The second-order valence-electron chi connectivity index (χ2n) is 5.93. The van der Waals surface area contributed by atoms with Crippen molar-refractivity contribution >= 4 is 17.6 Å². The monoisotopic (exact) mass is 380 g/mol. The number of hydrogen-bond acceptors (Lipinski definition) is 6. The SMILES string of the molecule is CCOC(=O)c1ccc(NC(=O)Cc2cc(-c3ccc(OC)cc3)on2)cc1. The van der Waals surface area contributed by atoms with Crippen LogP contribution in [0.15, 0.2) is 59.1 Å². The van der Waals surface area contributed by atoms with Gasteiger partial charge in [-0.1, -0.05) is 5.16 Å². The van der Waals surface area contributed by atoms with Gasteiger partial charge < -0.3 is 19.3 Å². The van der Waals surface area contributed by atoms with Crippen LogP contribution in [0.1, 0.15) is 23.0 Å². The van der Waals surface area contributed by atoms with Gasteiger partial charge in [0.2, 0.25) is 5.91 Å². The Bertz CT molecular complexity index is 946. The summed E-state index contributed by atoms with van der Waals surface area (Å²) in [5.74, 6) is 0.689. The molecule has 0 aliphatic carbocycles. The standard InChI is InChI=1S/C21H20N2O5/c1-3-27-21(25)15-4-8-16(9-5-15)22-20(24)13-17-12-19(28-23-17)14-6-10-18(26-2)11-7-14/h4-12H,3,13H2,1-2H3,(H,22,24). The van der Waals surface area contributed by atoms with E-state index < -0.39 is 5.97 Å². The molecule has 1 amide bonds. The number of aromatic nitrogens is 1. The number of amides is 1. The van der Waals surface area contributed by atoms with E-state index >= 15 is 0 Å². The summed E-state index contributed by atoms with van der Waals surface area (Å²) in [5, 5.41) is 6.71. The van der Waals surface area contributed by atoms with Gasteiger partial charge in [-0.2, -0.15) is 0 Å². The molecule has 0 bridgehead atoms. The quantitative estimate of drug-likeness (QED) is 0.629. The zero-order valence-corrected chi connectivity index (χ0v) is 15.6. The molecule has 7 nitrogen and oxygen atoms in total. The van der Waals surface area contributed by atoms with E-state index in [0.717, 1.165) is 11.3 Å². The summed E-state index contributed by atoms with van der Waals surface area (Å²) in [7, 11) is 1.60. The van der Waals surface area contributed by atoms with E-state index in [9.17, 15) is 9.59 Å². The molecule has 0 aliphatic heterocycles. The molecule has 28 heavy (non-hydrogen) atoms. The topological polar surface area (TPSA) is 90.7 Å². The number of ether oxygens (including phenoxy) is 2. The van der Waals surface area contributed by atoms with Gasteiger partial charge in [-0.3, -0.25) is 4.79 Å². The number of hydrogen-bond donors (Lipinski definition) is 1. The van der Waals surface area contributed by atoms with Crippen molar-refractivity contribution in [3.63, 3.8) is 0 Å². The Kier molecular flexibility index (Phi) is 6.06. The van der Waals surface area contributed by atoms with Crippen molar-refractivity contribution in [3.8, 4) is 17.1 Å². The van der Waals surface area contributed by atoms with Crippen molar-refractivity contribution in [1.82, 2.24) is 5.16 Å². The zero-order valence-electron chi connectivity index (χ0n) is 15.6. The Morgan fingerprint density at radius 2 is 1.79 bits per heavy atom. The van der Waals surface area contributed by atoms with Gasteiger partial charge >= 0.3 is 5.97 Å². The summed E-state index contributed by atoms with van der Waals surface area (Å²) < 4.78 is 15.4. The molecule has 3 aromatic rings. The molecule has 0 radical (unpaired) electrons. The average Bonchev–Trinajstić information content (AvgIpc) is 3.17. The minimum atomic E-state index is -0.394. The van der Waals surface area contributed by atoms with Crippen LogP contribution in [0.2, 0.25) is 0 Å². The summed E-state index contributed by atoms with van der Waals surface area (Å²) in [6.45, 7) is 2.06. The van der Waals surface area contributed by atoms with E-state index in [-0.39, 0.29) is 12.3 Å². The van der Waals surface area contributed by atoms with Crippen LogP contribution in [0.4, 0.5) is 5.69 Å². The molecule has 1 heterocycles. The third-order valence-corrected chi connectivity index (χ3v) is 3.95. The van der Waals surface area contributed by atoms with E-state index in [4.69, 9.17) is 14.0 Å². The number of benzene rings is 2. The van der Waals surface area contributed by atoms with Crippen LogP contribution in [-0.2, 0) is 16.0 Å². The highest BCUT2D eigenvalue weighted by Gasteiger charge is 2.12. The van der Waals surface area contributed by atoms with Gasteiger partial charge in [-0.25, -0.2) is 4.79 Å².